The molecule has 0 spiro atoms. The third-order valence-electron chi connectivity index (χ3n) is 3.93. The van der Waals surface area contributed by atoms with Crippen LogP contribution in [0.15, 0.2) is 6.20 Å². The first-order valence-corrected chi connectivity index (χ1v) is 8.22. The van der Waals surface area contributed by atoms with Crippen molar-refractivity contribution in [2.45, 2.75) is 26.1 Å². The molecule has 3 rings (SSSR count). The molecule has 7 nitrogen and oxygen atoms in total. The highest BCUT2D eigenvalue weighted by molar-refractivity contribution is 6.33. The van der Waals surface area contributed by atoms with Crippen LogP contribution >= 0.6 is 11.6 Å². The van der Waals surface area contributed by atoms with Crippen LogP contribution in [0.4, 0.5) is 5.95 Å². The maximum absolute atomic E-state index is 12.8. The van der Waals surface area contributed by atoms with E-state index in [-0.39, 0.29) is 28.8 Å². The minimum Gasteiger partial charge on any atom is -0.378 e. The lowest BCUT2D eigenvalue weighted by Gasteiger charge is -2.35. The fourth-order valence-electron chi connectivity index (χ4n) is 2.92. The lowest BCUT2D eigenvalue weighted by atomic mass is 10.2. The number of anilines is 1. The van der Waals surface area contributed by atoms with Gasteiger partial charge in [0.25, 0.3) is 5.91 Å². The van der Waals surface area contributed by atoms with Gasteiger partial charge >= 0.3 is 0 Å². The predicted octanol–water partition coefficient (Wildman–Crippen LogP) is 1.22. The van der Waals surface area contributed by atoms with Crippen LogP contribution in [0.2, 0.25) is 5.02 Å². The van der Waals surface area contributed by atoms with E-state index in [0.717, 1.165) is 0 Å². The van der Waals surface area contributed by atoms with E-state index in [4.69, 9.17) is 21.1 Å². The van der Waals surface area contributed by atoms with Crippen LogP contribution in [0.3, 0.4) is 0 Å². The predicted molar refractivity (Wildman–Crippen MR) is 86.0 cm³/mol. The highest BCUT2D eigenvalue weighted by Gasteiger charge is 2.29. The second kappa shape index (κ2) is 6.98. The number of hydrogen-bond donors (Lipinski definition) is 0. The van der Waals surface area contributed by atoms with Gasteiger partial charge in [-0.05, 0) is 13.8 Å². The highest BCUT2D eigenvalue weighted by Crippen LogP contribution is 2.21. The molecule has 3 heterocycles. The van der Waals surface area contributed by atoms with Gasteiger partial charge in [-0.25, -0.2) is 9.97 Å². The summed E-state index contributed by atoms with van der Waals surface area (Å²) in [4.78, 5) is 25.2. The first kappa shape index (κ1) is 16.4. The fraction of sp³-hybridized carbons (Fsp3) is 0.667. The third-order valence-corrected chi connectivity index (χ3v) is 4.21. The number of carbonyl (C=O) groups is 1. The van der Waals surface area contributed by atoms with Crippen LogP contribution in [-0.2, 0) is 9.47 Å². The van der Waals surface area contributed by atoms with Crippen molar-refractivity contribution in [1.82, 2.24) is 14.9 Å². The Hall–Kier alpha value is -1.44. The second-order valence-electron chi connectivity index (χ2n) is 5.93. The maximum Gasteiger partial charge on any atom is 0.274 e. The van der Waals surface area contributed by atoms with Gasteiger partial charge in [-0.3, -0.25) is 4.79 Å². The van der Waals surface area contributed by atoms with Crippen molar-refractivity contribution in [3.05, 3.63) is 16.9 Å². The summed E-state index contributed by atoms with van der Waals surface area (Å²) >= 11 is 6.18. The standard InChI is InChI=1S/C15H21ClN4O3/c1-10-8-20(9-11(2)23-10)14(21)13-12(16)7-17-15(18-13)19-3-5-22-6-4-19/h7,10-11H,3-6,8-9H2,1-2H3. The van der Waals surface area contributed by atoms with Crippen LogP contribution < -0.4 is 4.90 Å². The molecule has 8 heteroatoms. The molecular weight excluding hydrogens is 320 g/mol. The van der Waals surface area contributed by atoms with Crippen LogP contribution in [0.25, 0.3) is 0 Å². The zero-order valence-corrected chi connectivity index (χ0v) is 14.1. The van der Waals surface area contributed by atoms with Gasteiger partial charge in [-0.2, -0.15) is 0 Å². The van der Waals surface area contributed by atoms with Gasteiger partial charge in [-0.15, -0.1) is 0 Å². The minimum atomic E-state index is -0.172. The number of morpholine rings is 2. The summed E-state index contributed by atoms with van der Waals surface area (Å²) in [5.74, 6) is 0.351. The number of nitrogens with zero attached hydrogens (tertiary/aromatic N) is 4. The first-order valence-electron chi connectivity index (χ1n) is 7.84. The number of carbonyl (C=O) groups excluding carboxylic acids is 1. The van der Waals surface area contributed by atoms with Crippen molar-refractivity contribution >= 4 is 23.5 Å². The fourth-order valence-corrected chi connectivity index (χ4v) is 3.09. The molecule has 1 aromatic heterocycles. The Morgan fingerprint density at radius 3 is 2.57 bits per heavy atom. The number of aromatic nitrogens is 2. The normalized spacial score (nSPS) is 25.5. The van der Waals surface area contributed by atoms with Crippen molar-refractivity contribution in [2.75, 3.05) is 44.3 Å². The number of hydrogen-bond acceptors (Lipinski definition) is 6. The molecule has 2 aliphatic rings. The molecule has 2 aliphatic heterocycles. The van der Waals surface area contributed by atoms with Crippen LogP contribution in [0.5, 0.6) is 0 Å². The lowest BCUT2D eigenvalue weighted by Crippen LogP contribution is -2.48. The molecule has 1 amide bonds. The molecule has 0 aromatic carbocycles. The Kier molecular flexibility index (Phi) is 4.99. The summed E-state index contributed by atoms with van der Waals surface area (Å²) in [5, 5.41) is 0.277. The summed E-state index contributed by atoms with van der Waals surface area (Å²) in [5.41, 5.74) is 0.254. The summed E-state index contributed by atoms with van der Waals surface area (Å²) in [7, 11) is 0. The first-order chi connectivity index (χ1) is 11.0. The summed E-state index contributed by atoms with van der Waals surface area (Å²) in [6.45, 7) is 7.67. The number of ether oxygens (including phenoxy) is 2. The SMILES string of the molecule is CC1CN(C(=O)c2nc(N3CCOCC3)ncc2Cl)CC(C)O1. The Labute approximate surface area is 140 Å². The van der Waals surface area contributed by atoms with Crippen molar-refractivity contribution in [1.29, 1.82) is 0 Å². The monoisotopic (exact) mass is 340 g/mol. The maximum atomic E-state index is 12.8. The van der Waals surface area contributed by atoms with Crippen molar-refractivity contribution in [3.63, 3.8) is 0 Å². The summed E-state index contributed by atoms with van der Waals surface area (Å²) < 4.78 is 11.0. The summed E-state index contributed by atoms with van der Waals surface area (Å²) in [6.07, 6.45) is 1.50. The Balaban J connectivity index is 1.81. The zero-order valence-electron chi connectivity index (χ0n) is 13.4. The highest BCUT2D eigenvalue weighted by atomic mass is 35.5. The van der Waals surface area contributed by atoms with Gasteiger partial charge in [0.1, 0.15) is 0 Å². The minimum absolute atomic E-state index is 0.00188. The van der Waals surface area contributed by atoms with Gasteiger partial charge in [0.2, 0.25) is 5.95 Å². The quantitative estimate of drug-likeness (QED) is 0.806. The van der Waals surface area contributed by atoms with Crippen LogP contribution in [0, 0.1) is 0 Å². The summed E-state index contributed by atoms with van der Waals surface area (Å²) in [6, 6.07) is 0. The molecule has 0 aliphatic carbocycles. The van der Waals surface area contributed by atoms with E-state index in [1.165, 1.54) is 6.20 Å². The van der Waals surface area contributed by atoms with Gasteiger partial charge in [0, 0.05) is 26.2 Å². The molecule has 2 atom stereocenters. The van der Waals surface area contributed by atoms with E-state index in [0.29, 0.717) is 45.3 Å². The van der Waals surface area contributed by atoms with Crippen molar-refractivity contribution in [2.24, 2.45) is 0 Å². The Morgan fingerprint density at radius 1 is 1.26 bits per heavy atom. The van der Waals surface area contributed by atoms with Crippen molar-refractivity contribution < 1.29 is 14.3 Å². The van der Waals surface area contributed by atoms with Crippen LogP contribution in [-0.4, -0.2) is 72.4 Å². The third kappa shape index (κ3) is 3.73. The molecule has 23 heavy (non-hydrogen) atoms. The molecule has 0 saturated carbocycles. The van der Waals surface area contributed by atoms with Gasteiger partial charge in [-0.1, -0.05) is 11.6 Å². The number of amides is 1. The largest absolute Gasteiger partial charge is 0.378 e. The van der Waals surface area contributed by atoms with Gasteiger partial charge in [0.15, 0.2) is 5.69 Å². The zero-order chi connectivity index (χ0) is 16.4. The molecule has 2 saturated heterocycles. The van der Waals surface area contributed by atoms with E-state index >= 15 is 0 Å². The topological polar surface area (TPSA) is 67.8 Å². The van der Waals surface area contributed by atoms with E-state index < -0.39 is 0 Å². The average Bonchev–Trinajstić information content (AvgIpc) is 2.54. The Bertz CT molecular complexity index is 570. The molecule has 2 unspecified atom stereocenters. The van der Waals surface area contributed by atoms with E-state index in [2.05, 4.69) is 9.97 Å². The van der Waals surface area contributed by atoms with E-state index in [1.807, 2.05) is 18.7 Å². The van der Waals surface area contributed by atoms with Gasteiger partial charge in [0.05, 0.1) is 36.6 Å². The Morgan fingerprint density at radius 2 is 1.91 bits per heavy atom. The van der Waals surface area contributed by atoms with E-state index in [9.17, 15) is 4.79 Å². The lowest BCUT2D eigenvalue weighted by molar-refractivity contribution is -0.0587. The molecule has 1 aromatic rings. The number of rotatable bonds is 2. The van der Waals surface area contributed by atoms with Crippen molar-refractivity contribution in [3.8, 4) is 0 Å². The molecule has 0 N–H and O–H groups in total. The molecule has 2 fully saturated rings. The molecule has 126 valence electrons. The molecular formula is C15H21ClN4O3. The second-order valence-corrected chi connectivity index (χ2v) is 6.34. The molecule has 0 radical (unpaired) electrons. The molecule has 0 bridgehead atoms. The number of halogens is 1. The average molecular weight is 341 g/mol. The smallest absolute Gasteiger partial charge is 0.274 e. The van der Waals surface area contributed by atoms with Crippen LogP contribution in [0.1, 0.15) is 24.3 Å². The van der Waals surface area contributed by atoms with Gasteiger partial charge < -0.3 is 19.3 Å². The van der Waals surface area contributed by atoms with E-state index in [1.54, 1.807) is 4.90 Å².